The first kappa shape index (κ1) is 22.1. The zero-order valence-electron chi connectivity index (χ0n) is 17.3. The van der Waals surface area contributed by atoms with E-state index in [-0.39, 0.29) is 30.9 Å². The van der Waals surface area contributed by atoms with Crippen molar-refractivity contribution in [1.29, 1.82) is 0 Å². The third-order valence-electron chi connectivity index (χ3n) is 4.40. The van der Waals surface area contributed by atoms with E-state index in [1.165, 1.54) is 7.11 Å². The third-order valence-corrected chi connectivity index (χ3v) is 4.40. The molecular formula is C23H27NO5. The summed E-state index contributed by atoms with van der Waals surface area (Å²) in [7, 11) is 1.32. The lowest BCUT2D eigenvalue weighted by molar-refractivity contribution is -0.144. The van der Waals surface area contributed by atoms with Crippen LogP contribution in [0.5, 0.6) is 0 Å². The smallest absolute Gasteiger partial charge is 0.337 e. The van der Waals surface area contributed by atoms with Crippen LogP contribution in [0.15, 0.2) is 48.5 Å². The molecule has 2 rings (SSSR count). The van der Waals surface area contributed by atoms with E-state index < -0.39 is 11.9 Å². The third kappa shape index (κ3) is 6.75. The van der Waals surface area contributed by atoms with Crippen LogP contribution in [-0.2, 0) is 26.3 Å². The fourth-order valence-electron chi connectivity index (χ4n) is 2.59. The van der Waals surface area contributed by atoms with E-state index in [4.69, 9.17) is 4.74 Å². The minimum Gasteiger partial charge on any atom is -0.465 e. The van der Waals surface area contributed by atoms with Crippen molar-refractivity contribution in [2.75, 3.05) is 13.7 Å². The van der Waals surface area contributed by atoms with Gasteiger partial charge in [0.05, 0.1) is 19.1 Å². The zero-order valence-corrected chi connectivity index (χ0v) is 17.3. The number of hydrogen-bond donors (Lipinski definition) is 1. The first-order valence-electron chi connectivity index (χ1n) is 9.42. The Morgan fingerprint density at radius 2 is 1.48 bits per heavy atom. The zero-order chi connectivity index (χ0) is 21.4. The standard InChI is InChI=1S/C23H27NO5/c1-23(2,3)19-11-9-17(10-12-19)21(26)24-14-13-20(25)29-15-16-5-7-18(8-6-16)22(27)28-4/h5-12H,13-15H2,1-4H3,(H,24,26). The molecule has 0 aliphatic carbocycles. The molecular weight excluding hydrogens is 370 g/mol. The van der Waals surface area contributed by atoms with E-state index in [0.29, 0.717) is 11.1 Å². The Morgan fingerprint density at radius 3 is 2.03 bits per heavy atom. The first-order chi connectivity index (χ1) is 13.7. The number of rotatable bonds is 7. The molecule has 0 saturated carbocycles. The highest BCUT2D eigenvalue weighted by molar-refractivity contribution is 5.94. The molecule has 0 spiro atoms. The molecule has 2 aromatic rings. The van der Waals surface area contributed by atoms with Crippen LogP contribution in [0.4, 0.5) is 0 Å². The molecule has 0 heterocycles. The summed E-state index contributed by atoms with van der Waals surface area (Å²) in [5.41, 5.74) is 2.92. The normalized spacial score (nSPS) is 10.9. The van der Waals surface area contributed by atoms with Crippen molar-refractivity contribution in [2.24, 2.45) is 0 Å². The Kier molecular flexibility index (Phi) is 7.53. The van der Waals surface area contributed by atoms with E-state index in [2.05, 4.69) is 30.8 Å². The van der Waals surface area contributed by atoms with Crippen molar-refractivity contribution in [1.82, 2.24) is 5.32 Å². The van der Waals surface area contributed by atoms with Gasteiger partial charge in [0.15, 0.2) is 0 Å². The van der Waals surface area contributed by atoms with E-state index in [0.717, 1.165) is 11.1 Å². The minimum atomic E-state index is -0.419. The van der Waals surface area contributed by atoms with Crippen LogP contribution < -0.4 is 5.32 Å². The minimum absolute atomic E-state index is 0.0262. The van der Waals surface area contributed by atoms with Crippen molar-refractivity contribution in [2.45, 2.75) is 39.2 Å². The average Bonchev–Trinajstić information content (AvgIpc) is 2.71. The van der Waals surface area contributed by atoms with Gasteiger partial charge in [-0.05, 0) is 40.8 Å². The highest BCUT2D eigenvalue weighted by atomic mass is 16.5. The molecule has 0 saturated heterocycles. The van der Waals surface area contributed by atoms with E-state index in [1.54, 1.807) is 36.4 Å². The number of ether oxygens (including phenoxy) is 2. The average molecular weight is 397 g/mol. The highest BCUT2D eigenvalue weighted by Gasteiger charge is 2.14. The number of carbonyl (C=O) groups is 3. The number of methoxy groups -OCH3 is 1. The Morgan fingerprint density at radius 1 is 0.897 bits per heavy atom. The molecule has 0 aliphatic rings. The van der Waals surface area contributed by atoms with E-state index in [1.807, 2.05) is 12.1 Å². The van der Waals surface area contributed by atoms with Crippen LogP contribution in [-0.4, -0.2) is 31.5 Å². The van der Waals surface area contributed by atoms with Gasteiger partial charge in [0, 0.05) is 12.1 Å². The maximum absolute atomic E-state index is 12.2. The Balaban J connectivity index is 1.74. The van der Waals surface area contributed by atoms with Gasteiger partial charge in [0.25, 0.3) is 5.91 Å². The summed E-state index contributed by atoms with van der Waals surface area (Å²) >= 11 is 0. The lowest BCUT2D eigenvalue weighted by Gasteiger charge is -2.19. The molecule has 0 aliphatic heterocycles. The Hall–Kier alpha value is -3.15. The van der Waals surface area contributed by atoms with Gasteiger partial charge in [-0.15, -0.1) is 0 Å². The van der Waals surface area contributed by atoms with Crippen LogP contribution in [0.1, 0.15) is 59.0 Å². The predicted molar refractivity (Wildman–Crippen MR) is 110 cm³/mol. The molecule has 1 amide bonds. The molecule has 0 aromatic heterocycles. The van der Waals surface area contributed by atoms with Crippen molar-refractivity contribution in [3.05, 3.63) is 70.8 Å². The van der Waals surface area contributed by atoms with Crippen molar-refractivity contribution >= 4 is 17.8 Å². The Bertz CT molecular complexity index is 848. The molecule has 0 unspecified atom stereocenters. The van der Waals surface area contributed by atoms with Gasteiger partial charge in [-0.3, -0.25) is 9.59 Å². The summed E-state index contributed by atoms with van der Waals surface area (Å²) in [4.78, 5) is 35.4. The van der Waals surface area contributed by atoms with Crippen molar-refractivity contribution in [3.8, 4) is 0 Å². The lowest BCUT2D eigenvalue weighted by Crippen LogP contribution is -2.26. The molecule has 6 heteroatoms. The van der Waals surface area contributed by atoms with Crippen molar-refractivity contribution in [3.63, 3.8) is 0 Å². The van der Waals surface area contributed by atoms with Gasteiger partial charge >= 0.3 is 11.9 Å². The van der Waals surface area contributed by atoms with Gasteiger partial charge in [-0.25, -0.2) is 4.79 Å². The topological polar surface area (TPSA) is 81.7 Å². The second-order valence-electron chi connectivity index (χ2n) is 7.68. The maximum atomic E-state index is 12.2. The lowest BCUT2D eigenvalue weighted by atomic mass is 9.87. The molecule has 154 valence electrons. The Labute approximate surface area is 171 Å². The molecule has 0 atom stereocenters. The molecule has 0 fully saturated rings. The fourth-order valence-corrected chi connectivity index (χ4v) is 2.59. The molecule has 2 aromatic carbocycles. The number of nitrogens with one attached hydrogen (secondary N) is 1. The largest absolute Gasteiger partial charge is 0.465 e. The SMILES string of the molecule is COC(=O)c1ccc(COC(=O)CCNC(=O)c2ccc(C(C)(C)C)cc2)cc1. The number of amides is 1. The second kappa shape index (κ2) is 9.87. The first-order valence-corrected chi connectivity index (χ1v) is 9.42. The van der Waals surface area contributed by atoms with Gasteiger partial charge in [0.1, 0.15) is 6.61 Å². The van der Waals surface area contributed by atoms with Gasteiger partial charge < -0.3 is 14.8 Å². The number of hydrogen-bond acceptors (Lipinski definition) is 5. The summed E-state index contributed by atoms with van der Waals surface area (Å²) < 4.78 is 9.82. The molecule has 6 nitrogen and oxygen atoms in total. The number of esters is 2. The van der Waals surface area contributed by atoms with Crippen LogP contribution in [0.2, 0.25) is 0 Å². The van der Waals surface area contributed by atoms with E-state index >= 15 is 0 Å². The molecule has 1 N–H and O–H groups in total. The van der Waals surface area contributed by atoms with Crippen LogP contribution in [0, 0.1) is 0 Å². The molecule has 0 radical (unpaired) electrons. The fraction of sp³-hybridized carbons (Fsp3) is 0.348. The van der Waals surface area contributed by atoms with Gasteiger partial charge in [-0.1, -0.05) is 45.0 Å². The summed E-state index contributed by atoms with van der Waals surface area (Å²) in [5, 5.41) is 2.72. The predicted octanol–water partition coefficient (Wildman–Crippen LogP) is 3.63. The van der Waals surface area contributed by atoms with Crippen LogP contribution >= 0.6 is 0 Å². The van der Waals surface area contributed by atoms with Gasteiger partial charge in [-0.2, -0.15) is 0 Å². The summed E-state index contributed by atoms with van der Waals surface area (Å²) in [6.45, 7) is 6.63. The molecule has 29 heavy (non-hydrogen) atoms. The summed E-state index contributed by atoms with van der Waals surface area (Å²) in [6.07, 6.45) is 0.0755. The quantitative estimate of drug-likeness (QED) is 0.722. The van der Waals surface area contributed by atoms with Gasteiger partial charge in [0.2, 0.25) is 0 Å². The number of benzene rings is 2. The van der Waals surface area contributed by atoms with Crippen LogP contribution in [0.3, 0.4) is 0 Å². The monoisotopic (exact) mass is 397 g/mol. The maximum Gasteiger partial charge on any atom is 0.337 e. The number of carbonyl (C=O) groups excluding carboxylic acids is 3. The summed E-state index contributed by atoms with van der Waals surface area (Å²) in [5.74, 6) is -1.06. The summed E-state index contributed by atoms with van der Waals surface area (Å²) in [6, 6.07) is 14.1. The highest BCUT2D eigenvalue weighted by Crippen LogP contribution is 2.22. The molecule has 0 bridgehead atoms. The van der Waals surface area contributed by atoms with Crippen LogP contribution in [0.25, 0.3) is 0 Å². The van der Waals surface area contributed by atoms with E-state index in [9.17, 15) is 14.4 Å². The van der Waals surface area contributed by atoms with Crippen molar-refractivity contribution < 1.29 is 23.9 Å². The second-order valence-corrected chi connectivity index (χ2v) is 7.68.